The highest BCUT2D eigenvalue weighted by Gasteiger charge is 2.26. The van der Waals surface area contributed by atoms with Gasteiger partial charge in [-0.25, -0.2) is 0 Å². The normalized spacial score (nSPS) is 22.9. The minimum Gasteiger partial charge on any atom is -0.374 e. The quantitative estimate of drug-likeness (QED) is 0.598. The molecule has 0 aliphatic carbocycles. The van der Waals surface area contributed by atoms with Crippen molar-refractivity contribution in [1.82, 2.24) is 10.3 Å². The molecule has 3 N–H and O–H groups in total. The molecule has 0 bridgehead atoms. The Labute approximate surface area is 109 Å². The van der Waals surface area contributed by atoms with Gasteiger partial charge in [-0.1, -0.05) is 37.3 Å². The Morgan fingerprint density at radius 3 is 2.89 bits per heavy atom. The van der Waals surface area contributed by atoms with Crippen LogP contribution in [0, 0.1) is 0 Å². The Morgan fingerprint density at radius 2 is 2.22 bits per heavy atom. The molecule has 4 heteroatoms. The summed E-state index contributed by atoms with van der Waals surface area (Å²) in [6.45, 7) is 6.03. The molecule has 18 heavy (non-hydrogen) atoms. The molecule has 1 saturated heterocycles. The van der Waals surface area contributed by atoms with E-state index in [-0.39, 0.29) is 12.1 Å². The molecule has 0 radical (unpaired) electrons. The molecule has 0 spiro atoms. The van der Waals surface area contributed by atoms with Crippen LogP contribution in [0.1, 0.15) is 12.5 Å². The zero-order valence-corrected chi connectivity index (χ0v) is 11.0. The lowest BCUT2D eigenvalue weighted by molar-refractivity contribution is -0.0447. The van der Waals surface area contributed by atoms with E-state index < -0.39 is 0 Å². The van der Waals surface area contributed by atoms with Crippen molar-refractivity contribution in [3.63, 3.8) is 0 Å². The van der Waals surface area contributed by atoms with Crippen LogP contribution in [0.5, 0.6) is 0 Å². The molecule has 1 aromatic rings. The van der Waals surface area contributed by atoms with Crippen LogP contribution in [-0.4, -0.2) is 43.3 Å². The highest BCUT2D eigenvalue weighted by Crippen LogP contribution is 2.12. The standard InChI is InChI=1S/C14H23N3O/c1-2-17-8-9-18-14(11-17)13(16-15)10-12-6-4-3-5-7-12/h3-7,13-14,16H,2,8-11,15H2,1H3. The number of hydrazine groups is 1. The predicted octanol–water partition coefficient (Wildman–Crippen LogP) is 0.782. The van der Waals surface area contributed by atoms with Crippen LogP contribution in [0.15, 0.2) is 30.3 Å². The zero-order chi connectivity index (χ0) is 12.8. The molecule has 0 amide bonds. The summed E-state index contributed by atoms with van der Waals surface area (Å²) in [7, 11) is 0. The van der Waals surface area contributed by atoms with E-state index in [1.54, 1.807) is 0 Å². The smallest absolute Gasteiger partial charge is 0.0871 e. The first-order valence-electron chi connectivity index (χ1n) is 6.67. The van der Waals surface area contributed by atoms with Crippen molar-refractivity contribution in [3.8, 4) is 0 Å². The van der Waals surface area contributed by atoms with E-state index in [4.69, 9.17) is 10.6 Å². The first kappa shape index (κ1) is 13.5. The van der Waals surface area contributed by atoms with Gasteiger partial charge in [-0.05, 0) is 18.5 Å². The van der Waals surface area contributed by atoms with Gasteiger partial charge in [0.2, 0.25) is 0 Å². The number of hydrogen-bond acceptors (Lipinski definition) is 4. The Kier molecular flexibility index (Phi) is 5.13. The van der Waals surface area contributed by atoms with Gasteiger partial charge in [0.15, 0.2) is 0 Å². The van der Waals surface area contributed by atoms with E-state index in [0.717, 1.165) is 32.7 Å². The number of nitrogens with zero attached hydrogens (tertiary/aromatic N) is 1. The number of morpholine rings is 1. The molecule has 1 fully saturated rings. The van der Waals surface area contributed by atoms with Gasteiger partial charge in [0, 0.05) is 13.1 Å². The summed E-state index contributed by atoms with van der Waals surface area (Å²) >= 11 is 0. The monoisotopic (exact) mass is 249 g/mol. The van der Waals surface area contributed by atoms with E-state index in [2.05, 4.69) is 41.5 Å². The summed E-state index contributed by atoms with van der Waals surface area (Å²) in [5.74, 6) is 5.69. The molecule has 1 heterocycles. The van der Waals surface area contributed by atoms with Gasteiger partial charge in [0.05, 0.1) is 18.8 Å². The molecule has 1 aromatic carbocycles. The Morgan fingerprint density at radius 1 is 1.44 bits per heavy atom. The van der Waals surface area contributed by atoms with Gasteiger partial charge in [0.1, 0.15) is 0 Å². The van der Waals surface area contributed by atoms with Gasteiger partial charge >= 0.3 is 0 Å². The fourth-order valence-electron chi connectivity index (χ4n) is 2.43. The van der Waals surface area contributed by atoms with Crippen molar-refractivity contribution in [2.24, 2.45) is 5.84 Å². The molecule has 2 rings (SSSR count). The maximum Gasteiger partial charge on any atom is 0.0871 e. The maximum atomic E-state index is 5.85. The molecule has 4 nitrogen and oxygen atoms in total. The van der Waals surface area contributed by atoms with Crippen molar-refractivity contribution >= 4 is 0 Å². The Bertz CT molecular complexity index is 344. The number of benzene rings is 1. The lowest BCUT2D eigenvalue weighted by Crippen LogP contribution is -2.54. The van der Waals surface area contributed by atoms with Crippen LogP contribution in [0.4, 0.5) is 0 Å². The summed E-state index contributed by atoms with van der Waals surface area (Å²) in [4.78, 5) is 2.41. The van der Waals surface area contributed by atoms with Crippen molar-refractivity contribution < 1.29 is 4.74 Å². The Balaban J connectivity index is 1.95. The molecular formula is C14H23N3O. The number of likely N-dealkylation sites (N-methyl/N-ethyl adjacent to an activating group) is 1. The van der Waals surface area contributed by atoms with E-state index in [9.17, 15) is 0 Å². The number of nitrogens with two attached hydrogens (primary N) is 1. The predicted molar refractivity (Wildman–Crippen MR) is 73.1 cm³/mol. The second-order valence-corrected chi connectivity index (χ2v) is 4.77. The molecule has 100 valence electrons. The highest BCUT2D eigenvalue weighted by molar-refractivity contribution is 5.16. The maximum absolute atomic E-state index is 5.85. The van der Waals surface area contributed by atoms with E-state index in [1.807, 2.05) is 6.07 Å². The average Bonchev–Trinajstić information content (AvgIpc) is 2.46. The zero-order valence-electron chi connectivity index (χ0n) is 11.0. The number of rotatable bonds is 5. The van der Waals surface area contributed by atoms with Gasteiger partial charge in [-0.2, -0.15) is 0 Å². The van der Waals surface area contributed by atoms with Gasteiger partial charge < -0.3 is 4.74 Å². The molecule has 0 saturated carbocycles. The van der Waals surface area contributed by atoms with Crippen LogP contribution < -0.4 is 11.3 Å². The third-order valence-corrected chi connectivity index (χ3v) is 3.59. The minimum absolute atomic E-state index is 0.168. The second kappa shape index (κ2) is 6.85. The third-order valence-electron chi connectivity index (χ3n) is 3.59. The lowest BCUT2D eigenvalue weighted by atomic mass is 10.0. The second-order valence-electron chi connectivity index (χ2n) is 4.77. The van der Waals surface area contributed by atoms with E-state index >= 15 is 0 Å². The van der Waals surface area contributed by atoms with Crippen LogP contribution in [0.3, 0.4) is 0 Å². The average molecular weight is 249 g/mol. The van der Waals surface area contributed by atoms with E-state index in [1.165, 1.54) is 5.56 Å². The summed E-state index contributed by atoms with van der Waals surface area (Å²) in [5.41, 5.74) is 4.20. The molecule has 0 aromatic heterocycles. The van der Waals surface area contributed by atoms with Gasteiger partial charge in [-0.3, -0.25) is 16.2 Å². The SMILES string of the molecule is CCN1CCOC(C(Cc2ccccc2)NN)C1. The number of ether oxygens (including phenoxy) is 1. The summed E-state index contributed by atoms with van der Waals surface area (Å²) in [5, 5.41) is 0. The fraction of sp³-hybridized carbons (Fsp3) is 0.571. The largest absolute Gasteiger partial charge is 0.374 e. The molecule has 2 atom stereocenters. The van der Waals surface area contributed by atoms with Gasteiger partial charge in [-0.15, -0.1) is 0 Å². The van der Waals surface area contributed by atoms with Crippen molar-refractivity contribution in [1.29, 1.82) is 0 Å². The molecule has 1 aliphatic heterocycles. The Hall–Kier alpha value is -0.940. The molecular weight excluding hydrogens is 226 g/mol. The molecule has 2 unspecified atom stereocenters. The van der Waals surface area contributed by atoms with Crippen LogP contribution in [0.2, 0.25) is 0 Å². The topological polar surface area (TPSA) is 50.5 Å². The minimum atomic E-state index is 0.168. The highest BCUT2D eigenvalue weighted by atomic mass is 16.5. The molecule has 1 aliphatic rings. The van der Waals surface area contributed by atoms with Crippen LogP contribution >= 0.6 is 0 Å². The summed E-state index contributed by atoms with van der Waals surface area (Å²) in [6, 6.07) is 10.6. The first-order chi connectivity index (χ1) is 8.83. The number of nitrogens with one attached hydrogen (secondary N) is 1. The summed E-state index contributed by atoms with van der Waals surface area (Å²) in [6.07, 6.45) is 1.07. The third kappa shape index (κ3) is 3.53. The number of hydrogen-bond donors (Lipinski definition) is 2. The fourth-order valence-corrected chi connectivity index (χ4v) is 2.43. The first-order valence-corrected chi connectivity index (χ1v) is 6.67. The van der Waals surface area contributed by atoms with Crippen molar-refractivity contribution in [2.45, 2.75) is 25.5 Å². The van der Waals surface area contributed by atoms with E-state index in [0.29, 0.717) is 0 Å². The van der Waals surface area contributed by atoms with Crippen LogP contribution in [0.25, 0.3) is 0 Å². The van der Waals surface area contributed by atoms with Gasteiger partial charge in [0.25, 0.3) is 0 Å². The summed E-state index contributed by atoms with van der Waals surface area (Å²) < 4.78 is 5.85. The van der Waals surface area contributed by atoms with Crippen LogP contribution in [-0.2, 0) is 11.2 Å². The lowest BCUT2D eigenvalue weighted by Gasteiger charge is -2.36. The van der Waals surface area contributed by atoms with Crippen molar-refractivity contribution in [3.05, 3.63) is 35.9 Å². The van der Waals surface area contributed by atoms with Crippen molar-refractivity contribution in [2.75, 3.05) is 26.2 Å².